The van der Waals surface area contributed by atoms with Crippen molar-refractivity contribution in [3.05, 3.63) is 83.4 Å². The second-order valence-electron chi connectivity index (χ2n) is 8.55. The van der Waals surface area contributed by atoms with Gasteiger partial charge >= 0.3 is 0 Å². The van der Waals surface area contributed by atoms with Crippen molar-refractivity contribution < 1.29 is 28.8 Å². The molecule has 176 valence electrons. The summed E-state index contributed by atoms with van der Waals surface area (Å²) in [6.07, 6.45) is 0.0243. The van der Waals surface area contributed by atoms with E-state index in [4.69, 9.17) is 18.9 Å². The molecule has 1 heterocycles. The van der Waals surface area contributed by atoms with E-state index in [9.17, 15) is 9.90 Å². The number of aliphatic hydroxyl groups excluding tert-OH is 1. The van der Waals surface area contributed by atoms with Gasteiger partial charge in [-0.3, -0.25) is 4.79 Å². The number of carbonyl (C=O) groups excluding carboxylic acids is 1. The molecule has 2 aliphatic rings. The van der Waals surface area contributed by atoms with Crippen molar-refractivity contribution in [1.82, 2.24) is 5.32 Å². The van der Waals surface area contributed by atoms with Crippen molar-refractivity contribution in [3.8, 4) is 23.0 Å². The zero-order valence-corrected chi connectivity index (χ0v) is 19.3. The van der Waals surface area contributed by atoms with Gasteiger partial charge in [0.05, 0.1) is 33.0 Å². The van der Waals surface area contributed by atoms with E-state index in [1.807, 2.05) is 54.6 Å². The molecule has 4 atom stereocenters. The van der Waals surface area contributed by atoms with E-state index in [1.165, 1.54) is 0 Å². The van der Waals surface area contributed by atoms with Crippen molar-refractivity contribution >= 4 is 6.41 Å². The van der Waals surface area contributed by atoms with Gasteiger partial charge in [0.15, 0.2) is 5.60 Å². The third-order valence-electron chi connectivity index (χ3n) is 7.20. The van der Waals surface area contributed by atoms with Crippen LogP contribution in [0.25, 0.3) is 0 Å². The lowest BCUT2D eigenvalue weighted by molar-refractivity contribution is -0.117. The number of benzene rings is 3. The van der Waals surface area contributed by atoms with Gasteiger partial charge in [-0.05, 0) is 29.7 Å². The number of fused-ring (bicyclic) bond motifs is 3. The molecule has 1 aliphatic carbocycles. The van der Waals surface area contributed by atoms with Crippen LogP contribution >= 0.6 is 0 Å². The van der Waals surface area contributed by atoms with Crippen molar-refractivity contribution in [3.63, 3.8) is 0 Å². The minimum atomic E-state index is -1.31. The van der Waals surface area contributed by atoms with E-state index >= 15 is 0 Å². The van der Waals surface area contributed by atoms with Crippen molar-refractivity contribution in [2.45, 2.75) is 29.6 Å². The molecule has 1 saturated carbocycles. The first-order valence-electron chi connectivity index (χ1n) is 11.1. The van der Waals surface area contributed by atoms with E-state index in [2.05, 4.69) is 5.32 Å². The molecule has 1 aliphatic heterocycles. The average molecular weight is 462 g/mol. The zero-order chi connectivity index (χ0) is 23.9. The smallest absolute Gasteiger partial charge is 0.208 e. The van der Waals surface area contributed by atoms with E-state index in [1.54, 1.807) is 33.5 Å². The van der Waals surface area contributed by atoms with Gasteiger partial charge in [0.1, 0.15) is 28.5 Å². The lowest BCUT2D eigenvalue weighted by atomic mass is 9.69. The van der Waals surface area contributed by atoms with Gasteiger partial charge in [-0.25, -0.2) is 0 Å². The van der Waals surface area contributed by atoms with Gasteiger partial charge in [-0.15, -0.1) is 0 Å². The highest BCUT2D eigenvalue weighted by Crippen LogP contribution is 2.68. The molecule has 0 radical (unpaired) electrons. The summed E-state index contributed by atoms with van der Waals surface area (Å²) in [7, 11) is 4.72. The standard InChI is InChI=1S/C27H27NO6/c1-31-19-11-9-18(10-12-19)27-21(17-7-5-4-6-8-17)15-24(30)26(27,28-16-29)25-22(33-3)13-20(32-2)14-23(25)34-27/h4-14,16,21,24,30H,15H2,1-3H3,(H,28,29)/t21-,24-,26+,27-/m0/s1. The molecule has 7 heteroatoms. The third-order valence-corrected chi connectivity index (χ3v) is 7.20. The monoisotopic (exact) mass is 461 g/mol. The number of methoxy groups -OCH3 is 3. The Bertz CT molecular complexity index is 1200. The maximum Gasteiger partial charge on any atom is 0.208 e. The molecule has 1 amide bonds. The summed E-state index contributed by atoms with van der Waals surface area (Å²) in [6.45, 7) is 0. The Hall–Kier alpha value is -3.71. The first kappa shape index (κ1) is 22.1. The number of aliphatic hydroxyl groups is 1. The number of ether oxygens (including phenoxy) is 4. The Kier molecular flexibility index (Phi) is 5.37. The molecular weight excluding hydrogens is 434 g/mol. The normalized spacial score (nSPS) is 26.7. The summed E-state index contributed by atoms with van der Waals surface area (Å²) in [4.78, 5) is 12.1. The van der Waals surface area contributed by atoms with Crippen LogP contribution in [0.15, 0.2) is 66.7 Å². The number of hydrogen-bond acceptors (Lipinski definition) is 6. The fourth-order valence-electron chi connectivity index (χ4n) is 5.83. The van der Waals surface area contributed by atoms with Gasteiger partial charge in [0, 0.05) is 18.1 Å². The van der Waals surface area contributed by atoms with Gasteiger partial charge in [0.2, 0.25) is 6.41 Å². The Labute approximate surface area is 198 Å². The Morgan fingerprint density at radius 1 is 0.971 bits per heavy atom. The molecule has 0 saturated heterocycles. The van der Waals surface area contributed by atoms with Crippen LogP contribution in [0, 0.1) is 0 Å². The summed E-state index contributed by atoms with van der Waals surface area (Å²) < 4.78 is 23.5. The van der Waals surface area contributed by atoms with E-state index in [0.717, 1.165) is 11.1 Å². The predicted molar refractivity (Wildman–Crippen MR) is 126 cm³/mol. The maximum atomic E-state index is 12.1. The highest BCUT2D eigenvalue weighted by Gasteiger charge is 2.74. The van der Waals surface area contributed by atoms with Crippen LogP contribution in [-0.4, -0.2) is 38.9 Å². The van der Waals surface area contributed by atoms with Crippen LogP contribution < -0.4 is 24.3 Å². The topological polar surface area (TPSA) is 86.3 Å². The fourth-order valence-corrected chi connectivity index (χ4v) is 5.83. The second kappa shape index (κ2) is 8.25. The molecular formula is C27H27NO6. The summed E-state index contributed by atoms with van der Waals surface area (Å²) in [5.74, 6) is 1.91. The molecule has 2 N–H and O–H groups in total. The third kappa shape index (κ3) is 2.83. The predicted octanol–water partition coefficient (Wildman–Crippen LogP) is 3.49. The first-order valence-corrected chi connectivity index (χ1v) is 11.1. The molecule has 3 aromatic rings. The van der Waals surface area contributed by atoms with Crippen LogP contribution in [0.4, 0.5) is 0 Å². The van der Waals surface area contributed by atoms with Crippen LogP contribution in [0.5, 0.6) is 23.0 Å². The lowest BCUT2D eigenvalue weighted by Gasteiger charge is -2.43. The molecule has 1 fully saturated rings. The largest absolute Gasteiger partial charge is 0.497 e. The van der Waals surface area contributed by atoms with Gasteiger partial charge in [-0.2, -0.15) is 0 Å². The molecule has 7 nitrogen and oxygen atoms in total. The summed E-state index contributed by atoms with van der Waals surface area (Å²) >= 11 is 0. The molecule has 0 unspecified atom stereocenters. The second-order valence-corrected chi connectivity index (χ2v) is 8.55. The first-order chi connectivity index (χ1) is 16.5. The number of nitrogens with one attached hydrogen (secondary N) is 1. The zero-order valence-electron chi connectivity index (χ0n) is 19.3. The molecule has 3 aromatic carbocycles. The Morgan fingerprint density at radius 3 is 2.29 bits per heavy atom. The number of rotatable bonds is 7. The fraction of sp³-hybridized carbons (Fsp3) is 0.296. The van der Waals surface area contributed by atoms with E-state index in [0.29, 0.717) is 41.4 Å². The molecule has 5 rings (SSSR count). The summed E-state index contributed by atoms with van der Waals surface area (Å²) in [5.41, 5.74) is -0.0969. The van der Waals surface area contributed by atoms with E-state index in [-0.39, 0.29) is 5.92 Å². The SMILES string of the molecule is COc1ccc([C@@]23Oc4cc(OC)cc(OC)c4[C@]2(NC=O)[C@@H](O)C[C@H]3c2ccccc2)cc1. The van der Waals surface area contributed by atoms with Crippen LogP contribution in [0.3, 0.4) is 0 Å². The molecule has 0 aromatic heterocycles. The Morgan fingerprint density at radius 2 is 1.68 bits per heavy atom. The van der Waals surface area contributed by atoms with E-state index < -0.39 is 17.2 Å². The molecule has 0 spiro atoms. The van der Waals surface area contributed by atoms with Crippen molar-refractivity contribution in [2.24, 2.45) is 0 Å². The molecule has 34 heavy (non-hydrogen) atoms. The van der Waals surface area contributed by atoms with Crippen molar-refractivity contribution in [2.75, 3.05) is 21.3 Å². The summed E-state index contributed by atoms with van der Waals surface area (Å²) in [5, 5.41) is 14.7. The quantitative estimate of drug-likeness (QED) is 0.524. The van der Waals surface area contributed by atoms with Crippen LogP contribution in [0.1, 0.15) is 29.0 Å². The maximum absolute atomic E-state index is 12.1. The van der Waals surface area contributed by atoms with Gasteiger partial charge in [0.25, 0.3) is 0 Å². The highest BCUT2D eigenvalue weighted by molar-refractivity contribution is 5.67. The summed E-state index contributed by atoms with van der Waals surface area (Å²) in [6, 6.07) is 21.0. The minimum Gasteiger partial charge on any atom is -0.497 e. The number of amides is 1. The number of carbonyl (C=O) groups is 1. The lowest BCUT2D eigenvalue weighted by Crippen LogP contribution is -2.60. The van der Waals surface area contributed by atoms with Crippen LogP contribution in [0.2, 0.25) is 0 Å². The highest BCUT2D eigenvalue weighted by atomic mass is 16.5. The minimum absolute atomic E-state index is 0.285. The van der Waals surface area contributed by atoms with Gasteiger partial charge in [-0.1, -0.05) is 42.5 Å². The number of hydrogen-bond donors (Lipinski definition) is 2. The van der Waals surface area contributed by atoms with Gasteiger partial charge < -0.3 is 29.4 Å². The molecule has 0 bridgehead atoms. The average Bonchev–Trinajstić information content (AvgIpc) is 3.31. The Balaban J connectivity index is 1.86. The van der Waals surface area contributed by atoms with Crippen molar-refractivity contribution in [1.29, 1.82) is 0 Å². The van der Waals surface area contributed by atoms with Crippen LogP contribution in [-0.2, 0) is 15.9 Å².